The Kier molecular flexibility index (Phi) is 5.90. The molecule has 0 bridgehead atoms. The lowest BCUT2D eigenvalue weighted by Gasteiger charge is -2.14. The van der Waals surface area contributed by atoms with Crippen LogP contribution in [0.25, 0.3) is 0 Å². The molecule has 0 aliphatic rings. The third-order valence-corrected chi connectivity index (χ3v) is 3.12. The topological polar surface area (TPSA) is 86.7 Å². The zero-order chi connectivity index (χ0) is 16.0. The maximum absolute atomic E-state index is 11.7. The van der Waals surface area contributed by atoms with Crippen molar-refractivity contribution in [3.05, 3.63) is 29.8 Å². The highest BCUT2D eigenvalue weighted by atomic mass is 16.4. The highest BCUT2D eigenvalue weighted by molar-refractivity contribution is 5.94. The lowest BCUT2D eigenvalue weighted by atomic mass is 10.0. The quantitative estimate of drug-likeness (QED) is 0.829. The molecule has 114 valence electrons. The van der Waals surface area contributed by atoms with Gasteiger partial charge in [-0.1, -0.05) is 19.1 Å². The normalized spacial score (nSPS) is 11.6. The third-order valence-electron chi connectivity index (χ3n) is 3.12. The second-order valence-corrected chi connectivity index (χ2v) is 5.06. The van der Waals surface area contributed by atoms with E-state index in [-0.39, 0.29) is 18.4 Å². The fourth-order valence-electron chi connectivity index (χ4n) is 1.69. The van der Waals surface area contributed by atoms with Gasteiger partial charge in [0.15, 0.2) is 0 Å². The van der Waals surface area contributed by atoms with Gasteiger partial charge < -0.3 is 15.3 Å². The van der Waals surface area contributed by atoms with Gasteiger partial charge in [0.2, 0.25) is 11.8 Å². The maximum Gasteiger partial charge on any atom is 0.306 e. The minimum Gasteiger partial charge on any atom is -0.481 e. The molecule has 1 unspecified atom stereocenters. The van der Waals surface area contributed by atoms with E-state index >= 15 is 0 Å². The molecule has 1 aromatic carbocycles. The molecular formula is C15H20N2O4. The Balaban J connectivity index is 2.56. The number of nitrogens with one attached hydrogen (secondary N) is 1. The summed E-state index contributed by atoms with van der Waals surface area (Å²) in [5, 5.41) is 11.5. The van der Waals surface area contributed by atoms with E-state index in [1.54, 1.807) is 38.2 Å². The van der Waals surface area contributed by atoms with E-state index in [0.29, 0.717) is 12.1 Å². The molecule has 2 N–H and O–H groups in total. The van der Waals surface area contributed by atoms with Crippen LogP contribution in [0.15, 0.2) is 24.3 Å². The van der Waals surface area contributed by atoms with Gasteiger partial charge in [0, 0.05) is 19.7 Å². The van der Waals surface area contributed by atoms with Crippen LogP contribution in [0.1, 0.15) is 19.4 Å². The summed E-state index contributed by atoms with van der Waals surface area (Å²) in [6.07, 6.45) is 0.441. The van der Waals surface area contributed by atoms with Crippen molar-refractivity contribution in [2.45, 2.75) is 20.3 Å². The van der Waals surface area contributed by atoms with Crippen LogP contribution in [0.3, 0.4) is 0 Å². The summed E-state index contributed by atoms with van der Waals surface area (Å²) in [6, 6.07) is 7.00. The SMILES string of the molecule is CC(=O)N(C)CC(=O)Nc1ccc(CC(C)C(=O)O)cc1. The monoisotopic (exact) mass is 292 g/mol. The molecule has 1 aromatic rings. The molecule has 2 amide bonds. The van der Waals surface area contributed by atoms with Crippen molar-refractivity contribution in [3.63, 3.8) is 0 Å². The van der Waals surface area contributed by atoms with E-state index in [4.69, 9.17) is 5.11 Å². The number of rotatable bonds is 6. The summed E-state index contributed by atoms with van der Waals surface area (Å²) in [5.74, 6) is -1.74. The van der Waals surface area contributed by atoms with Crippen LogP contribution in [0.2, 0.25) is 0 Å². The van der Waals surface area contributed by atoms with E-state index in [1.807, 2.05) is 0 Å². The standard InChI is InChI=1S/C15H20N2O4/c1-10(15(20)21)8-12-4-6-13(7-5-12)16-14(19)9-17(3)11(2)18/h4-7,10H,8-9H2,1-3H3,(H,16,19)(H,20,21). The lowest BCUT2D eigenvalue weighted by Crippen LogP contribution is -2.33. The van der Waals surface area contributed by atoms with Crippen LogP contribution in [0.5, 0.6) is 0 Å². The van der Waals surface area contributed by atoms with Crippen molar-refractivity contribution in [2.75, 3.05) is 18.9 Å². The first-order chi connectivity index (χ1) is 9.79. The van der Waals surface area contributed by atoms with Crippen molar-refractivity contribution in [1.29, 1.82) is 0 Å². The highest BCUT2D eigenvalue weighted by Crippen LogP contribution is 2.13. The largest absolute Gasteiger partial charge is 0.481 e. The molecule has 6 heteroatoms. The number of hydrogen-bond acceptors (Lipinski definition) is 3. The average Bonchev–Trinajstić information content (AvgIpc) is 2.40. The number of carboxylic acids is 1. The van der Waals surface area contributed by atoms with Gasteiger partial charge in [-0.2, -0.15) is 0 Å². The summed E-state index contributed by atoms with van der Waals surface area (Å²) in [4.78, 5) is 34.8. The molecule has 0 saturated heterocycles. The molecule has 21 heavy (non-hydrogen) atoms. The van der Waals surface area contributed by atoms with Gasteiger partial charge in [-0.25, -0.2) is 0 Å². The van der Waals surface area contributed by atoms with Crippen molar-refractivity contribution in [3.8, 4) is 0 Å². The number of aliphatic carboxylic acids is 1. The average molecular weight is 292 g/mol. The van der Waals surface area contributed by atoms with Gasteiger partial charge in [0.05, 0.1) is 12.5 Å². The molecule has 0 aromatic heterocycles. The Morgan fingerprint density at radius 1 is 1.24 bits per heavy atom. The van der Waals surface area contributed by atoms with Crippen LogP contribution in [-0.2, 0) is 20.8 Å². The molecular weight excluding hydrogens is 272 g/mol. The zero-order valence-electron chi connectivity index (χ0n) is 12.4. The van der Waals surface area contributed by atoms with Crippen LogP contribution < -0.4 is 5.32 Å². The Bertz CT molecular complexity index is 525. The fraction of sp³-hybridized carbons (Fsp3) is 0.400. The fourth-order valence-corrected chi connectivity index (χ4v) is 1.69. The summed E-state index contributed by atoms with van der Waals surface area (Å²) in [7, 11) is 1.55. The van der Waals surface area contributed by atoms with Crippen LogP contribution in [-0.4, -0.2) is 41.4 Å². The summed E-state index contributed by atoms with van der Waals surface area (Å²) in [5.41, 5.74) is 1.51. The summed E-state index contributed by atoms with van der Waals surface area (Å²) >= 11 is 0. The molecule has 6 nitrogen and oxygen atoms in total. The first-order valence-electron chi connectivity index (χ1n) is 6.63. The molecule has 0 spiro atoms. The smallest absolute Gasteiger partial charge is 0.306 e. The number of carbonyl (C=O) groups is 3. The van der Waals surface area contributed by atoms with Gasteiger partial charge in [-0.05, 0) is 24.1 Å². The van der Waals surface area contributed by atoms with Crippen molar-refractivity contribution in [1.82, 2.24) is 4.90 Å². The lowest BCUT2D eigenvalue weighted by molar-refractivity contribution is -0.141. The van der Waals surface area contributed by atoms with E-state index in [2.05, 4.69) is 5.32 Å². The Labute approximate surface area is 123 Å². The molecule has 0 saturated carbocycles. The Morgan fingerprint density at radius 2 is 1.81 bits per heavy atom. The van der Waals surface area contributed by atoms with Gasteiger partial charge in [0.25, 0.3) is 0 Å². The molecule has 0 fully saturated rings. The van der Waals surface area contributed by atoms with Gasteiger partial charge in [0.1, 0.15) is 0 Å². The third kappa shape index (κ3) is 5.64. The van der Waals surface area contributed by atoms with Crippen LogP contribution in [0.4, 0.5) is 5.69 Å². The minimum absolute atomic E-state index is 0.00681. The first-order valence-corrected chi connectivity index (χ1v) is 6.63. The Morgan fingerprint density at radius 3 is 2.29 bits per heavy atom. The number of nitrogens with zero attached hydrogens (tertiary/aromatic N) is 1. The van der Waals surface area contributed by atoms with Gasteiger partial charge >= 0.3 is 5.97 Å². The van der Waals surface area contributed by atoms with E-state index in [1.165, 1.54) is 11.8 Å². The van der Waals surface area contributed by atoms with Gasteiger partial charge in [-0.15, -0.1) is 0 Å². The van der Waals surface area contributed by atoms with Crippen LogP contribution >= 0.6 is 0 Å². The van der Waals surface area contributed by atoms with Crippen molar-refractivity contribution >= 4 is 23.5 Å². The number of amides is 2. The van der Waals surface area contributed by atoms with Crippen molar-refractivity contribution in [2.24, 2.45) is 5.92 Å². The number of carbonyl (C=O) groups excluding carboxylic acids is 2. The van der Waals surface area contributed by atoms with E-state index in [9.17, 15) is 14.4 Å². The molecule has 0 heterocycles. The van der Waals surface area contributed by atoms with E-state index in [0.717, 1.165) is 5.56 Å². The van der Waals surface area contributed by atoms with Crippen LogP contribution in [0, 0.1) is 5.92 Å². The number of anilines is 1. The second kappa shape index (κ2) is 7.42. The molecule has 1 rings (SSSR count). The van der Waals surface area contributed by atoms with Crippen molar-refractivity contribution < 1.29 is 19.5 Å². The summed E-state index contributed by atoms with van der Waals surface area (Å²) < 4.78 is 0. The number of likely N-dealkylation sites (N-methyl/N-ethyl adjacent to an activating group) is 1. The number of benzene rings is 1. The first kappa shape index (κ1) is 16.7. The van der Waals surface area contributed by atoms with Gasteiger partial charge in [-0.3, -0.25) is 14.4 Å². The molecule has 0 radical (unpaired) electrons. The maximum atomic E-state index is 11.7. The number of hydrogen-bond donors (Lipinski definition) is 2. The minimum atomic E-state index is -0.834. The number of carboxylic acid groups (broad SMARTS) is 1. The molecule has 1 atom stereocenters. The predicted octanol–water partition coefficient (Wildman–Crippen LogP) is 1.37. The zero-order valence-corrected chi connectivity index (χ0v) is 12.4. The molecule has 0 aliphatic carbocycles. The summed E-state index contributed by atoms with van der Waals surface area (Å²) in [6.45, 7) is 3.04. The second-order valence-electron chi connectivity index (χ2n) is 5.06. The van der Waals surface area contributed by atoms with E-state index < -0.39 is 11.9 Å². The predicted molar refractivity (Wildman–Crippen MR) is 78.9 cm³/mol. The molecule has 0 aliphatic heterocycles. The Hall–Kier alpha value is -2.37. The highest BCUT2D eigenvalue weighted by Gasteiger charge is 2.12.